The quantitative estimate of drug-likeness (QED) is 0.667. The summed E-state index contributed by atoms with van der Waals surface area (Å²) < 4.78 is 5.33. The Hall–Kier alpha value is -1.67. The topological polar surface area (TPSA) is 95.4 Å². The number of nitrogens with zero attached hydrogens (tertiary/aromatic N) is 4. The number of aliphatic hydroxyl groups excluding tert-OH is 1. The van der Waals surface area contributed by atoms with Gasteiger partial charge in [0.1, 0.15) is 0 Å². The molecule has 3 N–H and O–H groups in total. The van der Waals surface area contributed by atoms with E-state index < -0.39 is 0 Å². The molecule has 8 heteroatoms. The van der Waals surface area contributed by atoms with Crippen LogP contribution >= 0.6 is 0 Å². The van der Waals surface area contributed by atoms with E-state index in [-0.39, 0.29) is 12.6 Å². The van der Waals surface area contributed by atoms with Gasteiger partial charge in [0.05, 0.1) is 19.8 Å². The summed E-state index contributed by atoms with van der Waals surface area (Å²) >= 11 is 0. The molecule has 0 aliphatic carbocycles. The van der Waals surface area contributed by atoms with Gasteiger partial charge in [-0.1, -0.05) is 0 Å². The highest BCUT2D eigenvalue weighted by Gasteiger charge is 2.16. The minimum absolute atomic E-state index is 0.0332. The van der Waals surface area contributed by atoms with Crippen molar-refractivity contribution in [2.45, 2.75) is 19.9 Å². The zero-order valence-corrected chi connectivity index (χ0v) is 12.0. The molecule has 0 saturated carbocycles. The Morgan fingerprint density at radius 2 is 1.90 bits per heavy atom. The second-order valence-corrected chi connectivity index (χ2v) is 4.83. The molecule has 0 radical (unpaired) electrons. The molecule has 8 nitrogen and oxygen atoms in total. The van der Waals surface area contributed by atoms with Crippen LogP contribution < -0.4 is 15.5 Å². The number of anilines is 3. The predicted molar refractivity (Wildman–Crippen MR) is 77.2 cm³/mol. The van der Waals surface area contributed by atoms with Gasteiger partial charge >= 0.3 is 0 Å². The Morgan fingerprint density at radius 3 is 2.55 bits per heavy atom. The molecule has 0 aromatic carbocycles. The van der Waals surface area contributed by atoms with E-state index in [2.05, 4.69) is 30.5 Å². The molecular weight excluding hydrogens is 260 g/mol. The largest absolute Gasteiger partial charge is 0.395 e. The number of hydrogen-bond donors (Lipinski definition) is 3. The van der Waals surface area contributed by atoms with E-state index in [1.165, 1.54) is 0 Å². The second kappa shape index (κ2) is 7.20. The van der Waals surface area contributed by atoms with Gasteiger partial charge in [0.2, 0.25) is 17.8 Å². The van der Waals surface area contributed by atoms with Crippen molar-refractivity contribution in [1.29, 1.82) is 0 Å². The van der Waals surface area contributed by atoms with Crippen LogP contribution in [0.5, 0.6) is 0 Å². The molecule has 1 aromatic rings. The second-order valence-electron chi connectivity index (χ2n) is 4.83. The summed E-state index contributed by atoms with van der Waals surface area (Å²) in [6, 6.07) is 0.237. The number of ether oxygens (including phenoxy) is 1. The third kappa shape index (κ3) is 4.17. The zero-order chi connectivity index (χ0) is 14.4. The van der Waals surface area contributed by atoms with Crippen LogP contribution in [-0.4, -0.2) is 65.6 Å². The molecule has 20 heavy (non-hydrogen) atoms. The summed E-state index contributed by atoms with van der Waals surface area (Å²) in [6.45, 7) is 7.39. The molecule has 0 atom stereocenters. The van der Waals surface area contributed by atoms with E-state index in [0.717, 1.165) is 13.1 Å². The smallest absolute Gasteiger partial charge is 0.232 e. The highest BCUT2D eigenvalue weighted by molar-refractivity contribution is 5.44. The van der Waals surface area contributed by atoms with Crippen LogP contribution in [0.25, 0.3) is 0 Å². The van der Waals surface area contributed by atoms with Crippen molar-refractivity contribution in [3.05, 3.63) is 0 Å². The van der Waals surface area contributed by atoms with E-state index in [0.29, 0.717) is 37.6 Å². The molecule has 1 aliphatic heterocycles. The fourth-order valence-corrected chi connectivity index (χ4v) is 1.84. The molecule has 0 spiro atoms. The van der Waals surface area contributed by atoms with Crippen LogP contribution in [0.3, 0.4) is 0 Å². The minimum atomic E-state index is 0.0332. The molecule has 1 saturated heterocycles. The molecule has 2 rings (SSSR count). The number of nitrogens with one attached hydrogen (secondary N) is 2. The number of aromatic nitrogens is 3. The lowest BCUT2D eigenvalue weighted by molar-refractivity contribution is 0.122. The maximum absolute atomic E-state index is 8.88. The van der Waals surface area contributed by atoms with Gasteiger partial charge < -0.3 is 25.4 Å². The standard InChI is InChI=1S/C12H22N6O2/c1-9(2)14-11-15-10(13-3-6-19)16-12(17-11)18-4-7-20-8-5-18/h9,19H,3-8H2,1-2H3,(H2,13,14,15,16,17). The molecule has 1 aliphatic rings. The van der Waals surface area contributed by atoms with E-state index in [1.807, 2.05) is 13.8 Å². The summed E-state index contributed by atoms with van der Waals surface area (Å²) in [4.78, 5) is 15.2. The predicted octanol–water partition coefficient (Wildman–Crippen LogP) is -0.0673. The Morgan fingerprint density at radius 1 is 1.20 bits per heavy atom. The number of hydrogen-bond acceptors (Lipinski definition) is 8. The number of morpholine rings is 1. The maximum Gasteiger partial charge on any atom is 0.232 e. The zero-order valence-electron chi connectivity index (χ0n) is 12.0. The lowest BCUT2D eigenvalue weighted by Gasteiger charge is -2.27. The minimum Gasteiger partial charge on any atom is -0.395 e. The Labute approximate surface area is 118 Å². The normalized spacial score (nSPS) is 15.5. The van der Waals surface area contributed by atoms with Gasteiger partial charge in [-0.3, -0.25) is 0 Å². The maximum atomic E-state index is 8.88. The van der Waals surface area contributed by atoms with Gasteiger partial charge in [0.25, 0.3) is 0 Å². The number of rotatable bonds is 6. The van der Waals surface area contributed by atoms with Crippen LogP contribution in [0.15, 0.2) is 0 Å². The first-order chi connectivity index (χ1) is 9.69. The first kappa shape index (κ1) is 14.7. The molecule has 0 unspecified atom stereocenters. The molecular formula is C12H22N6O2. The molecule has 0 bridgehead atoms. The van der Waals surface area contributed by atoms with Crippen LogP contribution in [0.1, 0.15) is 13.8 Å². The summed E-state index contributed by atoms with van der Waals surface area (Å²) in [6.07, 6.45) is 0. The van der Waals surface area contributed by atoms with Crippen molar-refractivity contribution in [3.8, 4) is 0 Å². The highest BCUT2D eigenvalue weighted by atomic mass is 16.5. The summed E-state index contributed by atoms with van der Waals surface area (Å²) in [7, 11) is 0. The molecule has 0 amide bonds. The van der Waals surface area contributed by atoms with Crippen LogP contribution in [0.4, 0.5) is 17.8 Å². The van der Waals surface area contributed by atoms with Gasteiger partial charge in [-0.25, -0.2) is 0 Å². The van der Waals surface area contributed by atoms with Crippen LogP contribution in [0.2, 0.25) is 0 Å². The fraction of sp³-hybridized carbons (Fsp3) is 0.750. The van der Waals surface area contributed by atoms with Gasteiger partial charge in [-0.15, -0.1) is 0 Å². The fourth-order valence-electron chi connectivity index (χ4n) is 1.84. The molecule has 1 aromatic heterocycles. The third-order valence-corrected chi connectivity index (χ3v) is 2.73. The van der Waals surface area contributed by atoms with Gasteiger partial charge in [-0.05, 0) is 13.8 Å². The Kier molecular flexibility index (Phi) is 5.31. The van der Waals surface area contributed by atoms with Crippen LogP contribution in [0, 0.1) is 0 Å². The molecule has 1 fully saturated rings. The molecule has 112 valence electrons. The van der Waals surface area contributed by atoms with Crippen molar-refractivity contribution >= 4 is 17.8 Å². The van der Waals surface area contributed by atoms with Crippen molar-refractivity contribution in [3.63, 3.8) is 0 Å². The van der Waals surface area contributed by atoms with Crippen molar-refractivity contribution in [1.82, 2.24) is 15.0 Å². The van der Waals surface area contributed by atoms with Gasteiger partial charge in [0.15, 0.2) is 0 Å². The van der Waals surface area contributed by atoms with E-state index >= 15 is 0 Å². The van der Waals surface area contributed by atoms with Crippen molar-refractivity contribution < 1.29 is 9.84 Å². The lowest BCUT2D eigenvalue weighted by Crippen LogP contribution is -2.37. The molecule has 2 heterocycles. The Bertz CT molecular complexity index is 422. The monoisotopic (exact) mass is 282 g/mol. The number of aliphatic hydroxyl groups is 1. The first-order valence-corrected chi connectivity index (χ1v) is 6.89. The summed E-state index contributed by atoms with van der Waals surface area (Å²) in [5.41, 5.74) is 0. The van der Waals surface area contributed by atoms with E-state index in [1.54, 1.807) is 0 Å². The van der Waals surface area contributed by atoms with E-state index in [9.17, 15) is 0 Å². The third-order valence-electron chi connectivity index (χ3n) is 2.73. The lowest BCUT2D eigenvalue weighted by atomic mass is 10.4. The Balaban J connectivity index is 2.19. The van der Waals surface area contributed by atoms with Crippen molar-refractivity contribution in [2.24, 2.45) is 0 Å². The SMILES string of the molecule is CC(C)Nc1nc(NCCO)nc(N2CCOCC2)n1. The summed E-state index contributed by atoms with van der Waals surface area (Å²) in [5, 5.41) is 15.0. The highest BCUT2D eigenvalue weighted by Crippen LogP contribution is 2.15. The average molecular weight is 282 g/mol. The van der Waals surface area contributed by atoms with E-state index in [4.69, 9.17) is 9.84 Å². The van der Waals surface area contributed by atoms with Crippen molar-refractivity contribution in [2.75, 3.05) is 55.0 Å². The van der Waals surface area contributed by atoms with Gasteiger partial charge in [-0.2, -0.15) is 15.0 Å². The van der Waals surface area contributed by atoms with Crippen LogP contribution in [-0.2, 0) is 4.74 Å². The summed E-state index contributed by atoms with van der Waals surface area (Å²) in [5.74, 6) is 1.64. The first-order valence-electron chi connectivity index (χ1n) is 6.89. The van der Waals surface area contributed by atoms with Gasteiger partial charge in [0, 0.05) is 25.7 Å². The average Bonchev–Trinajstić information content (AvgIpc) is 2.45.